The standard InChI is InChI=1S/C10H19NO4S/c1-7(8(12)13)10(5-15-6-10)11-16(14)9(2,3)4/h7,11H,5-6H2,1-4H3,(H,12,13)/t7-,16-/m0/s1. The zero-order valence-corrected chi connectivity index (χ0v) is 10.9. The Morgan fingerprint density at radius 3 is 2.25 bits per heavy atom. The molecule has 1 rings (SSSR count). The van der Waals surface area contributed by atoms with Crippen LogP contribution in [-0.4, -0.2) is 38.8 Å². The molecule has 1 aliphatic rings. The maximum absolute atomic E-state index is 12.0. The molecule has 0 amide bonds. The van der Waals surface area contributed by atoms with Crippen molar-refractivity contribution in [2.24, 2.45) is 5.92 Å². The summed E-state index contributed by atoms with van der Waals surface area (Å²) in [5.74, 6) is -1.52. The minimum Gasteiger partial charge on any atom is -0.481 e. The van der Waals surface area contributed by atoms with E-state index in [0.717, 1.165) is 0 Å². The molecule has 0 aromatic rings. The summed E-state index contributed by atoms with van der Waals surface area (Å²) in [4.78, 5) is 11.0. The van der Waals surface area contributed by atoms with Gasteiger partial charge in [0.25, 0.3) is 0 Å². The number of carbonyl (C=O) groups is 1. The number of carboxylic acid groups (broad SMARTS) is 1. The topological polar surface area (TPSA) is 75.6 Å². The fourth-order valence-corrected chi connectivity index (χ4v) is 2.26. The maximum atomic E-state index is 12.0. The van der Waals surface area contributed by atoms with E-state index in [9.17, 15) is 9.00 Å². The lowest BCUT2D eigenvalue weighted by atomic mass is 9.84. The van der Waals surface area contributed by atoms with Crippen LogP contribution in [0.25, 0.3) is 0 Å². The van der Waals surface area contributed by atoms with Gasteiger partial charge in [0.15, 0.2) is 0 Å². The van der Waals surface area contributed by atoms with Gasteiger partial charge >= 0.3 is 5.97 Å². The van der Waals surface area contributed by atoms with Crippen molar-refractivity contribution in [2.75, 3.05) is 13.2 Å². The Labute approximate surface area is 98.1 Å². The molecule has 5 nitrogen and oxygen atoms in total. The van der Waals surface area contributed by atoms with Crippen molar-refractivity contribution in [1.82, 2.24) is 4.72 Å². The van der Waals surface area contributed by atoms with Crippen molar-refractivity contribution in [3.63, 3.8) is 0 Å². The highest BCUT2D eigenvalue weighted by atomic mass is 32.2. The minimum absolute atomic E-state index is 0.294. The van der Waals surface area contributed by atoms with E-state index in [2.05, 4.69) is 4.72 Å². The van der Waals surface area contributed by atoms with Gasteiger partial charge in [0.1, 0.15) is 0 Å². The van der Waals surface area contributed by atoms with Crippen LogP contribution in [0.15, 0.2) is 0 Å². The van der Waals surface area contributed by atoms with Gasteiger partial charge in [0.05, 0.1) is 40.4 Å². The summed E-state index contributed by atoms with van der Waals surface area (Å²) in [6.07, 6.45) is 0. The first-order valence-corrected chi connectivity index (χ1v) is 6.34. The van der Waals surface area contributed by atoms with Gasteiger partial charge in [-0.2, -0.15) is 0 Å². The van der Waals surface area contributed by atoms with Gasteiger partial charge in [-0.05, 0) is 27.7 Å². The molecule has 0 bridgehead atoms. The summed E-state index contributed by atoms with van der Waals surface area (Å²) in [6, 6.07) is 0. The van der Waals surface area contributed by atoms with Crippen molar-refractivity contribution in [2.45, 2.75) is 38.0 Å². The number of carboxylic acids is 1. The molecule has 1 heterocycles. The van der Waals surface area contributed by atoms with E-state index < -0.39 is 33.2 Å². The molecule has 0 aromatic heterocycles. The lowest BCUT2D eigenvalue weighted by molar-refractivity contribution is -0.155. The molecular formula is C10H19NO4S. The van der Waals surface area contributed by atoms with Crippen LogP contribution in [0.3, 0.4) is 0 Å². The predicted molar refractivity (Wildman–Crippen MR) is 61.4 cm³/mol. The third-order valence-corrected chi connectivity index (χ3v) is 4.47. The van der Waals surface area contributed by atoms with Gasteiger partial charge in [0, 0.05) is 0 Å². The molecule has 0 unspecified atom stereocenters. The fourth-order valence-electron chi connectivity index (χ4n) is 1.29. The van der Waals surface area contributed by atoms with Crippen LogP contribution in [0.4, 0.5) is 0 Å². The first kappa shape index (κ1) is 13.6. The van der Waals surface area contributed by atoms with Crippen molar-refractivity contribution in [1.29, 1.82) is 0 Å². The first-order valence-electron chi connectivity index (χ1n) is 5.19. The summed E-state index contributed by atoms with van der Waals surface area (Å²) in [5, 5.41) is 9.00. The summed E-state index contributed by atoms with van der Waals surface area (Å²) >= 11 is 0. The van der Waals surface area contributed by atoms with Crippen molar-refractivity contribution in [3.05, 3.63) is 0 Å². The van der Waals surface area contributed by atoms with Crippen LogP contribution in [0, 0.1) is 5.92 Å². The summed E-state index contributed by atoms with van der Waals surface area (Å²) in [7, 11) is -1.29. The molecule has 1 saturated heterocycles. The van der Waals surface area contributed by atoms with Crippen molar-refractivity contribution < 1.29 is 18.8 Å². The molecule has 6 heteroatoms. The SMILES string of the molecule is C[C@@H](C(=O)O)C1(N[S@@](=O)C(C)(C)C)COC1. The second kappa shape index (κ2) is 4.43. The fraction of sp³-hybridized carbons (Fsp3) is 0.900. The molecule has 0 aromatic carbocycles. The average Bonchev–Trinajstić information content (AvgIpc) is 2.07. The van der Waals surface area contributed by atoms with Gasteiger partial charge < -0.3 is 9.84 Å². The van der Waals surface area contributed by atoms with E-state index in [1.165, 1.54) is 0 Å². The van der Waals surface area contributed by atoms with E-state index in [0.29, 0.717) is 13.2 Å². The van der Waals surface area contributed by atoms with Crippen LogP contribution >= 0.6 is 0 Å². The van der Waals surface area contributed by atoms with Crippen LogP contribution in [-0.2, 0) is 20.5 Å². The Balaban J connectivity index is 2.76. The van der Waals surface area contributed by atoms with Gasteiger partial charge in [-0.25, -0.2) is 8.93 Å². The second-order valence-electron chi connectivity index (χ2n) is 5.19. The quantitative estimate of drug-likeness (QED) is 0.762. The summed E-state index contributed by atoms with van der Waals surface area (Å²) in [5.41, 5.74) is -0.691. The van der Waals surface area contributed by atoms with Crippen molar-refractivity contribution >= 4 is 17.0 Å². The van der Waals surface area contributed by atoms with Gasteiger partial charge in [-0.15, -0.1) is 0 Å². The van der Waals surface area contributed by atoms with E-state index in [1.807, 2.05) is 20.8 Å². The van der Waals surface area contributed by atoms with Crippen molar-refractivity contribution in [3.8, 4) is 0 Å². The molecule has 94 valence electrons. The lowest BCUT2D eigenvalue weighted by Gasteiger charge is -2.45. The first-order chi connectivity index (χ1) is 7.19. The highest BCUT2D eigenvalue weighted by Crippen LogP contribution is 2.28. The lowest BCUT2D eigenvalue weighted by Crippen LogP contribution is -2.67. The predicted octanol–water partition coefficient (Wildman–Crippen LogP) is 0.528. The average molecular weight is 249 g/mol. The largest absolute Gasteiger partial charge is 0.481 e. The van der Waals surface area contributed by atoms with Crippen LogP contribution in [0.5, 0.6) is 0 Å². The molecule has 1 aliphatic heterocycles. The van der Waals surface area contributed by atoms with Gasteiger partial charge in [0.2, 0.25) is 0 Å². The number of rotatable bonds is 4. The Morgan fingerprint density at radius 1 is 1.50 bits per heavy atom. The third kappa shape index (κ3) is 2.61. The number of ether oxygens (including phenoxy) is 1. The molecule has 16 heavy (non-hydrogen) atoms. The molecule has 2 N–H and O–H groups in total. The highest BCUT2D eigenvalue weighted by molar-refractivity contribution is 7.84. The van der Waals surface area contributed by atoms with Crippen LogP contribution < -0.4 is 4.72 Å². The highest BCUT2D eigenvalue weighted by Gasteiger charge is 2.49. The Hall–Kier alpha value is -0.460. The molecular weight excluding hydrogens is 230 g/mol. The summed E-state index contributed by atoms with van der Waals surface area (Å²) < 4.78 is 19.5. The van der Waals surface area contributed by atoms with E-state index in [-0.39, 0.29) is 0 Å². The monoisotopic (exact) mass is 249 g/mol. The van der Waals surface area contributed by atoms with E-state index >= 15 is 0 Å². The van der Waals surface area contributed by atoms with E-state index in [1.54, 1.807) is 6.92 Å². The van der Waals surface area contributed by atoms with Gasteiger partial charge in [-0.3, -0.25) is 4.79 Å². The number of nitrogens with one attached hydrogen (secondary N) is 1. The smallest absolute Gasteiger partial charge is 0.308 e. The van der Waals surface area contributed by atoms with Crippen LogP contribution in [0.1, 0.15) is 27.7 Å². The zero-order chi connectivity index (χ0) is 12.6. The third-order valence-electron chi connectivity index (χ3n) is 2.77. The number of hydrogen-bond acceptors (Lipinski definition) is 3. The second-order valence-corrected chi connectivity index (χ2v) is 7.16. The maximum Gasteiger partial charge on any atom is 0.308 e. The molecule has 2 atom stereocenters. The van der Waals surface area contributed by atoms with Crippen LogP contribution in [0.2, 0.25) is 0 Å². The Bertz CT molecular complexity index is 306. The normalized spacial score (nSPS) is 23.2. The number of hydrogen-bond donors (Lipinski definition) is 2. The molecule has 1 fully saturated rings. The van der Waals surface area contributed by atoms with E-state index in [4.69, 9.17) is 9.84 Å². The van der Waals surface area contributed by atoms with Gasteiger partial charge in [-0.1, -0.05) is 0 Å². The molecule has 0 aliphatic carbocycles. The number of aliphatic carboxylic acids is 1. The Morgan fingerprint density at radius 2 is 2.00 bits per heavy atom. The minimum atomic E-state index is -1.29. The molecule has 0 saturated carbocycles. The molecule has 0 radical (unpaired) electrons. The summed E-state index contributed by atoms with van der Waals surface area (Å²) in [6.45, 7) is 7.72. The molecule has 0 spiro atoms. The zero-order valence-electron chi connectivity index (χ0n) is 10.1. The Kier molecular flexibility index (Phi) is 3.76.